The Hall–Kier alpha value is -3.25. The van der Waals surface area contributed by atoms with Crippen LogP contribution in [0.15, 0.2) is 48.7 Å². The molecular weight excluding hydrogens is 386 g/mol. The molecule has 1 amide bonds. The van der Waals surface area contributed by atoms with Gasteiger partial charge in [0, 0.05) is 28.8 Å². The van der Waals surface area contributed by atoms with E-state index in [0.717, 1.165) is 33.7 Å². The Labute approximate surface area is 173 Å². The first-order valence-electron chi connectivity index (χ1n) is 9.24. The van der Waals surface area contributed by atoms with Crippen molar-refractivity contribution >= 4 is 28.4 Å². The van der Waals surface area contributed by atoms with Crippen molar-refractivity contribution < 1.29 is 4.79 Å². The SMILES string of the molecule is Cc1cc(C)n(-c2ccc(CNC(=O)c3cc4ccc(Cl)cc4nc3C)cn2)n1. The molecule has 7 heteroatoms. The largest absolute Gasteiger partial charge is 0.348 e. The third-order valence-corrected chi connectivity index (χ3v) is 4.94. The normalized spacial score (nSPS) is 11.0. The molecule has 0 bridgehead atoms. The Morgan fingerprint density at radius 3 is 2.62 bits per heavy atom. The fourth-order valence-corrected chi connectivity index (χ4v) is 3.42. The lowest BCUT2D eigenvalue weighted by Crippen LogP contribution is -2.24. The Kier molecular flexibility index (Phi) is 5.03. The predicted octanol–water partition coefficient (Wildman–Crippen LogP) is 4.32. The molecule has 0 saturated heterocycles. The molecule has 146 valence electrons. The van der Waals surface area contributed by atoms with Gasteiger partial charge in [-0.1, -0.05) is 23.7 Å². The van der Waals surface area contributed by atoms with E-state index in [4.69, 9.17) is 11.6 Å². The first kappa shape index (κ1) is 19.1. The van der Waals surface area contributed by atoms with Gasteiger partial charge in [-0.2, -0.15) is 5.10 Å². The van der Waals surface area contributed by atoms with Crippen LogP contribution in [-0.4, -0.2) is 25.7 Å². The van der Waals surface area contributed by atoms with Crippen LogP contribution in [0, 0.1) is 20.8 Å². The number of nitrogens with zero attached hydrogens (tertiary/aromatic N) is 4. The third kappa shape index (κ3) is 3.98. The van der Waals surface area contributed by atoms with E-state index >= 15 is 0 Å². The zero-order valence-corrected chi connectivity index (χ0v) is 17.2. The van der Waals surface area contributed by atoms with Crippen molar-refractivity contribution in [3.8, 4) is 5.82 Å². The fraction of sp³-hybridized carbons (Fsp3) is 0.182. The van der Waals surface area contributed by atoms with Crippen LogP contribution >= 0.6 is 11.6 Å². The molecule has 0 aliphatic rings. The molecule has 1 aromatic carbocycles. The van der Waals surface area contributed by atoms with Crippen LogP contribution in [0.1, 0.15) is 33.0 Å². The van der Waals surface area contributed by atoms with E-state index in [1.165, 1.54) is 0 Å². The summed E-state index contributed by atoms with van der Waals surface area (Å²) in [5.74, 6) is 0.577. The van der Waals surface area contributed by atoms with Crippen molar-refractivity contribution in [2.75, 3.05) is 0 Å². The van der Waals surface area contributed by atoms with Gasteiger partial charge in [0.2, 0.25) is 0 Å². The van der Waals surface area contributed by atoms with E-state index in [-0.39, 0.29) is 5.91 Å². The van der Waals surface area contributed by atoms with Gasteiger partial charge in [0.15, 0.2) is 5.82 Å². The second-order valence-corrected chi connectivity index (χ2v) is 7.44. The molecule has 0 atom stereocenters. The number of aromatic nitrogens is 4. The highest BCUT2D eigenvalue weighted by molar-refractivity contribution is 6.31. The van der Waals surface area contributed by atoms with Crippen molar-refractivity contribution in [3.05, 3.63) is 81.9 Å². The van der Waals surface area contributed by atoms with Gasteiger partial charge in [-0.15, -0.1) is 0 Å². The molecule has 1 N–H and O–H groups in total. The average Bonchev–Trinajstić information content (AvgIpc) is 3.04. The van der Waals surface area contributed by atoms with E-state index in [1.807, 2.05) is 51.1 Å². The maximum absolute atomic E-state index is 12.7. The van der Waals surface area contributed by atoms with E-state index in [2.05, 4.69) is 20.4 Å². The van der Waals surface area contributed by atoms with Crippen LogP contribution in [0.25, 0.3) is 16.7 Å². The lowest BCUT2D eigenvalue weighted by molar-refractivity contribution is 0.0950. The van der Waals surface area contributed by atoms with Crippen LogP contribution < -0.4 is 5.32 Å². The van der Waals surface area contributed by atoms with Crippen molar-refractivity contribution in [2.24, 2.45) is 0 Å². The Balaban J connectivity index is 1.48. The summed E-state index contributed by atoms with van der Waals surface area (Å²) in [6, 6.07) is 13.1. The second-order valence-electron chi connectivity index (χ2n) is 7.00. The molecule has 0 fully saturated rings. The summed E-state index contributed by atoms with van der Waals surface area (Å²) < 4.78 is 1.80. The predicted molar refractivity (Wildman–Crippen MR) is 113 cm³/mol. The highest BCUT2D eigenvalue weighted by Gasteiger charge is 2.12. The smallest absolute Gasteiger partial charge is 0.253 e. The number of carbonyl (C=O) groups excluding carboxylic acids is 1. The van der Waals surface area contributed by atoms with Crippen LogP contribution in [0.3, 0.4) is 0 Å². The molecule has 4 rings (SSSR count). The number of halogens is 1. The van der Waals surface area contributed by atoms with E-state index in [1.54, 1.807) is 23.0 Å². The Morgan fingerprint density at radius 1 is 1.10 bits per heavy atom. The Morgan fingerprint density at radius 2 is 1.93 bits per heavy atom. The number of hydrogen-bond acceptors (Lipinski definition) is 4. The molecule has 0 spiro atoms. The van der Waals surface area contributed by atoms with Gasteiger partial charge in [-0.3, -0.25) is 9.78 Å². The molecule has 29 heavy (non-hydrogen) atoms. The van der Waals surface area contributed by atoms with Gasteiger partial charge in [-0.25, -0.2) is 9.67 Å². The topological polar surface area (TPSA) is 72.7 Å². The molecule has 3 heterocycles. The monoisotopic (exact) mass is 405 g/mol. The van der Waals surface area contributed by atoms with Gasteiger partial charge in [0.05, 0.1) is 22.5 Å². The average molecular weight is 406 g/mol. The molecule has 0 unspecified atom stereocenters. The third-order valence-electron chi connectivity index (χ3n) is 4.70. The quantitative estimate of drug-likeness (QED) is 0.548. The van der Waals surface area contributed by atoms with Gasteiger partial charge in [0.1, 0.15) is 0 Å². The number of carbonyl (C=O) groups is 1. The summed E-state index contributed by atoms with van der Waals surface area (Å²) in [5, 5.41) is 8.87. The van der Waals surface area contributed by atoms with Gasteiger partial charge in [-0.05, 0) is 56.7 Å². The number of rotatable bonds is 4. The molecule has 0 radical (unpaired) electrons. The summed E-state index contributed by atoms with van der Waals surface area (Å²) in [6.45, 7) is 6.14. The number of amides is 1. The summed E-state index contributed by atoms with van der Waals surface area (Å²) in [5.41, 5.74) is 4.86. The summed E-state index contributed by atoms with van der Waals surface area (Å²) in [4.78, 5) is 21.6. The molecule has 3 aromatic heterocycles. The number of hydrogen-bond donors (Lipinski definition) is 1. The van der Waals surface area contributed by atoms with E-state index in [0.29, 0.717) is 22.8 Å². The minimum absolute atomic E-state index is 0.172. The van der Waals surface area contributed by atoms with Crippen molar-refractivity contribution in [1.82, 2.24) is 25.1 Å². The van der Waals surface area contributed by atoms with Crippen molar-refractivity contribution in [2.45, 2.75) is 27.3 Å². The number of benzene rings is 1. The zero-order chi connectivity index (χ0) is 20.5. The van der Waals surface area contributed by atoms with Gasteiger partial charge < -0.3 is 5.32 Å². The Bertz CT molecular complexity index is 1210. The second kappa shape index (κ2) is 7.64. The van der Waals surface area contributed by atoms with Gasteiger partial charge >= 0.3 is 0 Å². The van der Waals surface area contributed by atoms with Crippen LogP contribution in [0.4, 0.5) is 0 Å². The summed E-state index contributed by atoms with van der Waals surface area (Å²) >= 11 is 6.02. The first-order chi connectivity index (χ1) is 13.9. The summed E-state index contributed by atoms with van der Waals surface area (Å²) in [6.07, 6.45) is 1.75. The minimum atomic E-state index is -0.172. The molecule has 6 nitrogen and oxygen atoms in total. The molecule has 0 saturated carbocycles. The lowest BCUT2D eigenvalue weighted by Gasteiger charge is -2.10. The van der Waals surface area contributed by atoms with E-state index < -0.39 is 0 Å². The zero-order valence-electron chi connectivity index (χ0n) is 16.4. The minimum Gasteiger partial charge on any atom is -0.348 e. The highest BCUT2D eigenvalue weighted by Crippen LogP contribution is 2.20. The molecule has 4 aromatic rings. The maximum Gasteiger partial charge on any atom is 0.253 e. The van der Waals surface area contributed by atoms with E-state index in [9.17, 15) is 4.79 Å². The van der Waals surface area contributed by atoms with Crippen molar-refractivity contribution in [3.63, 3.8) is 0 Å². The van der Waals surface area contributed by atoms with Gasteiger partial charge in [0.25, 0.3) is 5.91 Å². The van der Waals surface area contributed by atoms with Crippen LogP contribution in [-0.2, 0) is 6.54 Å². The molecular formula is C22H20ClN5O. The first-order valence-corrected chi connectivity index (χ1v) is 9.62. The van der Waals surface area contributed by atoms with Crippen LogP contribution in [0.2, 0.25) is 5.02 Å². The lowest BCUT2D eigenvalue weighted by atomic mass is 10.1. The molecule has 0 aliphatic carbocycles. The van der Waals surface area contributed by atoms with Crippen LogP contribution in [0.5, 0.6) is 0 Å². The standard InChI is InChI=1S/C22H20ClN5O/c1-13-8-14(2)28(27-13)21-7-4-16(11-24-21)12-25-22(29)19-9-17-5-6-18(23)10-20(17)26-15(19)3/h4-11H,12H2,1-3H3,(H,25,29). The number of aryl methyl sites for hydroxylation is 3. The number of fused-ring (bicyclic) bond motifs is 1. The maximum atomic E-state index is 12.7. The molecule has 0 aliphatic heterocycles. The highest BCUT2D eigenvalue weighted by atomic mass is 35.5. The fourth-order valence-electron chi connectivity index (χ4n) is 3.25. The number of nitrogens with one attached hydrogen (secondary N) is 1. The number of pyridine rings is 2. The van der Waals surface area contributed by atoms with Crippen molar-refractivity contribution in [1.29, 1.82) is 0 Å². The summed E-state index contributed by atoms with van der Waals surface area (Å²) in [7, 11) is 0.